The van der Waals surface area contributed by atoms with E-state index in [0.29, 0.717) is 6.04 Å². The molecule has 1 atom stereocenters. The van der Waals surface area contributed by atoms with Gasteiger partial charge in [-0.25, -0.2) is 0 Å². The van der Waals surface area contributed by atoms with Gasteiger partial charge in [0.1, 0.15) is 0 Å². The molecular formula is C17H28N2O. The molecule has 0 bridgehead atoms. The predicted molar refractivity (Wildman–Crippen MR) is 83.9 cm³/mol. The van der Waals surface area contributed by atoms with Gasteiger partial charge in [-0.1, -0.05) is 26.7 Å². The van der Waals surface area contributed by atoms with Gasteiger partial charge in [-0.05, 0) is 44.2 Å². The molecule has 1 aromatic rings. The minimum absolute atomic E-state index is 0.486. The third-order valence-electron chi connectivity index (χ3n) is 4.24. The maximum absolute atomic E-state index is 9.56. The van der Waals surface area contributed by atoms with Crippen LogP contribution in [0.15, 0.2) is 18.3 Å². The van der Waals surface area contributed by atoms with Gasteiger partial charge in [0.15, 0.2) is 0 Å². The van der Waals surface area contributed by atoms with Gasteiger partial charge in [0.05, 0.1) is 23.7 Å². The summed E-state index contributed by atoms with van der Waals surface area (Å²) in [5, 5.41) is 9.56. The second-order valence-electron chi connectivity index (χ2n) is 6.43. The lowest BCUT2D eigenvalue weighted by atomic mass is 10.1. The van der Waals surface area contributed by atoms with Gasteiger partial charge in [0, 0.05) is 12.6 Å². The molecule has 1 fully saturated rings. The molecule has 0 amide bonds. The molecule has 1 unspecified atom stereocenters. The minimum atomic E-state index is -0.486. The van der Waals surface area contributed by atoms with Crippen LogP contribution >= 0.6 is 0 Å². The number of hydrogen-bond donors (Lipinski definition) is 1. The van der Waals surface area contributed by atoms with Crippen molar-refractivity contribution in [3.8, 4) is 0 Å². The first kappa shape index (κ1) is 15.3. The van der Waals surface area contributed by atoms with Crippen molar-refractivity contribution in [3.63, 3.8) is 0 Å². The highest BCUT2D eigenvalue weighted by molar-refractivity contribution is 5.46. The Morgan fingerprint density at radius 1 is 1.25 bits per heavy atom. The van der Waals surface area contributed by atoms with E-state index in [1.807, 2.05) is 12.3 Å². The zero-order chi connectivity index (χ0) is 14.5. The van der Waals surface area contributed by atoms with Crippen LogP contribution in [0.25, 0.3) is 0 Å². The Hall–Kier alpha value is -1.09. The molecular weight excluding hydrogens is 248 g/mol. The fourth-order valence-electron chi connectivity index (χ4n) is 2.95. The number of pyridine rings is 1. The van der Waals surface area contributed by atoms with Gasteiger partial charge in [-0.2, -0.15) is 0 Å². The lowest BCUT2D eigenvalue weighted by Crippen LogP contribution is -2.34. The summed E-state index contributed by atoms with van der Waals surface area (Å²) in [4.78, 5) is 6.94. The van der Waals surface area contributed by atoms with E-state index in [0.717, 1.165) is 18.2 Å². The summed E-state index contributed by atoms with van der Waals surface area (Å²) >= 11 is 0. The topological polar surface area (TPSA) is 36.4 Å². The Kier molecular flexibility index (Phi) is 5.41. The lowest BCUT2D eigenvalue weighted by Gasteiger charge is -2.31. The molecule has 1 aromatic heterocycles. The van der Waals surface area contributed by atoms with E-state index in [4.69, 9.17) is 0 Å². The summed E-state index contributed by atoms with van der Waals surface area (Å²) in [5.74, 6) is 0.726. The number of rotatable bonds is 6. The Labute approximate surface area is 123 Å². The first-order chi connectivity index (χ1) is 9.58. The Morgan fingerprint density at radius 2 is 1.95 bits per heavy atom. The SMILES string of the molecule is CC(C)CCN(c1ccc(C(C)O)nc1)C1CCCC1. The van der Waals surface area contributed by atoms with Crippen molar-refractivity contribution in [2.45, 2.75) is 65.0 Å². The molecule has 1 aliphatic carbocycles. The summed E-state index contributed by atoms with van der Waals surface area (Å²) in [5.41, 5.74) is 1.96. The van der Waals surface area contributed by atoms with E-state index in [2.05, 4.69) is 29.8 Å². The van der Waals surface area contributed by atoms with Crippen LogP contribution in [0.4, 0.5) is 5.69 Å². The third kappa shape index (κ3) is 3.95. The van der Waals surface area contributed by atoms with Gasteiger partial charge < -0.3 is 10.0 Å². The fourth-order valence-corrected chi connectivity index (χ4v) is 2.95. The van der Waals surface area contributed by atoms with Gasteiger partial charge in [0.2, 0.25) is 0 Å². The van der Waals surface area contributed by atoms with Crippen LogP contribution in [0.1, 0.15) is 64.7 Å². The van der Waals surface area contributed by atoms with Crippen LogP contribution in [-0.4, -0.2) is 22.7 Å². The number of anilines is 1. The molecule has 1 heterocycles. The Morgan fingerprint density at radius 3 is 2.45 bits per heavy atom. The molecule has 0 radical (unpaired) electrons. The van der Waals surface area contributed by atoms with Crippen LogP contribution in [0.2, 0.25) is 0 Å². The number of aliphatic hydroxyl groups is 1. The molecule has 0 aliphatic heterocycles. The summed E-state index contributed by atoms with van der Waals surface area (Å²) < 4.78 is 0. The highest BCUT2D eigenvalue weighted by Crippen LogP contribution is 2.29. The molecule has 0 spiro atoms. The van der Waals surface area contributed by atoms with Crippen molar-refractivity contribution < 1.29 is 5.11 Å². The summed E-state index contributed by atoms with van der Waals surface area (Å²) in [6.45, 7) is 7.43. The maximum atomic E-state index is 9.56. The van der Waals surface area contributed by atoms with Gasteiger partial charge >= 0.3 is 0 Å². The second-order valence-corrected chi connectivity index (χ2v) is 6.43. The van der Waals surface area contributed by atoms with E-state index in [9.17, 15) is 5.11 Å². The number of nitrogens with zero attached hydrogens (tertiary/aromatic N) is 2. The normalized spacial score (nSPS) is 17.6. The molecule has 3 heteroatoms. The molecule has 20 heavy (non-hydrogen) atoms. The Bertz CT molecular complexity index is 394. The molecule has 3 nitrogen and oxygen atoms in total. The molecule has 2 rings (SSSR count). The largest absolute Gasteiger partial charge is 0.387 e. The zero-order valence-electron chi connectivity index (χ0n) is 13.0. The van der Waals surface area contributed by atoms with E-state index in [1.165, 1.54) is 37.8 Å². The Balaban J connectivity index is 2.11. The van der Waals surface area contributed by atoms with E-state index < -0.39 is 6.10 Å². The first-order valence-electron chi connectivity index (χ1n) is 7.98. The van der Waals surface area contributed by atoms with Crippen molar-refractivity contribution in [1.29, 1.82) is 0 Å². The third-order valence-corrected chi connectivity index (χ3v) is 4.24. The van der Waals surface area contributed by atoms with Crippen LogP contribution < -0.4 is 4.90 Å². The summed E-state index contributed by atoms with van der Waals surface area (Å²) in [7, 11) is 0. The van der Waals surface area contributed by atoms with E-state index in [1.54, 1.807) is 6.92 Å². The van der Waals surface area contributed by atoms with Crippen molar-refractivity contribution in [3.05, 3.63) is 24.0 Å². The zero-order valence-corrected chi connectivity index (χ0v) is 13.0. The molecule has 112 valence electrons. The van der Waals surface area contributed by atoms with E-state index in [-0.39, 0.29) is 0 Å². The summed E-state index contributed by atoms with van der Waals surface area (Å²) in [6, 6.07) is 4.75. The van der Waals surface area contributed by atoms with E-state index >= 15 is 0 Å². The summed E-state index contributed by atoms with van der Waals surface area (Å²) in [6.07, 6.45) is 7.96. The highest BCUT2D eigenvalue weighted by atomic mass is 16.3. The van der Waals surface area contributed by atoms with Gasteiger partial charge in [-0.15, -0.1) is 0 Å². The quantitative estimate of drug-likeness (QED) is 0.855. The lowest BCUT2D eigenvalue weighted by molar-refractivity contribution is 0.194. The van der Waals surface area contributed by atoms with Gasteiger partial charge in [0.25, 0.3) is 0 Å². The average molecular weight is 276 g/mol. The van der Waals surface area contributed by atoms with Crippen molar-refractivity contribution >= 4 is 5.69 Å². The minimum Gasteiger partial charge on any atom is -0.387 e. The number of aliphatic hydroxyl groups excluding tert-OH is 1. The standard InChI is InChI=1S/C17H28N2O/c1-13(2)10-11-19(15-6-4-5-7-15)16-8-9-17(14(3)20)18-12-16/h8-9,12-15,20H,4-7,10-11H2,1-3H3. The van der Waals surface area contributed by atoms with Gasteiger partial charge in [-0.3, -0.25) is 4.98 Å². The average Bonchev–Trinajstić information content (AvgIpc) is 2.93. The molecule has 1 N–H and O–H groups in total. The molecule has 0 saturated heterocycles. The highest BCUT2D eigenvalue weighted by Gasteiger charge is 2.23. The number of aromatic nitrogens is 1. The van der Waals surface area contributed by atoms with Crippen LogP contribution in [0, 0.1) is 5.92 Å². The molecule has 1 saturated carbocycles. The van der Waals surface area contributed by atoms with Crippen molar-refractivity contribution in [2.24, 2.45) is 5.92 Å². The first-order valence-corrected chi connectivity index (χ1v) is 7.98. The monoisotopic (exact) mass is 276 g/mol. The fraction of sp³-hybridized carbons (Fsp3) is 0.706. The second kappa shape index (κ2) is 7.07. The van der Waals surface area contributed by atoms with Crippen molar-refractivity contribution in [2.75, 3.05) is 11.4 Å². The number of hydrogen-bond acceptors (Lipinski definition) is 3. The van der Waals surface area contributed by atoms with Crippen LogP contribution in [-0.2, 0) is 0 Å². The molecule has 0 aromatic carbocycles. The van der Waals surface area contributed by atoms with Crippen LogP contribution in [0.3, 0.4) is 0 Å². The smallest absolute Gasteiger partial charge is 0.0931 e. The maximum Gasteiger partial charge on any atom is 0.0931 e. The molecule has 1 aliphatic rings. The predicted octanol–water partition coefficient (Wildman–Crippen LogP) is 3.93. The van der Waals surface area contributed by atoms with Crippen molar-refractivity contribution in [1.82, 2.24) is 4.98 Å². The van der Waals surface area contributed by atoms with Crippen LogP contribution in [0.5, 0.6) is 0 Å².